The zero-order valence-corrected chi connectivity index (χ0v) is 15.3. The zero-order chi connectivity index (χ0) is 21.0. The fourth-order valence-electron chi connectivity index (χ4n) is 2.59. The quantitative estimate of drug-likeness (QED) is 0.427. The number of hydrogen-bond donors (Lipinski definition) is 3. The summed E-state index contributed by atoms with van der Waals surface area (Å²) in [7, 11) is 0. The third-order valence-electron chi connectivity index (χ3n) is 4.01. The number of aromatic nitrogens is 3. The highest BCUT2D eigenvalue weighted by molar-refractivity contribution is 5.88. The molecule has 29 heavy (non-hydrogen) atoms. The third-order valence-corrected chi connectivity index (χ3v) is 4.01. The van der Waals surface area contributed by atoms with Gasteiger partial charge in [-0.1, -0.05) is 43.5 Å². The van der Waals surface area contributed by atoms with Gasteiger partial charge >= 0.3 is 5.97 Å². The van der Waals surface area contributed by atoms with E-state index >= 15 is 0 Å². The van der Waals surface area contributed by atoms with Crippen LogP contribution in [0, 0.1) is 0 Å². The van der Waals surface area contributed by atoms with Crippen LogP contribution in [0.2, 0.25) is 0 Å². The summed E-state index contributed by atoms with van der Waals surface area (Å²) in [4.78, 5) is 24.3. The zero-order valence-electron chi connectivity index (χ0n) is 15.3. The summed E-state index contributed by atoms with van der Waals surface area (Å²) in [5.74, 6) is -0.776. The van der Waals surface area contributed by atoms with Crippen molar-refractivity contribution in [1.82, 2.24) is 15.0 Å². The standard InChI is InChI=1S/C22H17N3O4/c1-3-6-16(13(2)26)20-23-19(14-9-11-15(12-10-14)22(28)29)24-21(25-20)17-7-4-5-8-18(17)27/h3-12,26-27H,1-2H2,(H,28,29)/b16-6+. The molecule has 3 rings (SSSR count). The van der Waals surface area contributed by atoms with Crippen LogP contribution in [-0.4, -0.2) is 36.2 Å². The first-order chi connectivity index (χ1) is 13.9. The number of carbonyl (C=O) groups is 1. The van der Waals surface area contributed by atoms with Crippen molar-refractivity contribution in [2.75, 3.05) is 0 Å². The number of allylic oxidation sites excluding steroid dienone is 3. The third kappa shape index (κ3) is 4.19. The van der Waals surface area contributed by atoms with Crippen LogP contribution in [0.3, 0.4) is 0 Å². The number of aliphatic hydroxyl groups excluding tert-OH is 1. The summed E-state index contributed by atoms with van der Waals surface area (Å²) in [6, 6.07) is 12.6. The largest absolute Gasteiger partial charge is 0.508 e. The van der Waals surface area contributed by atoms with E-state index in [2.05, 4.69) is 28.1 Å². The molecule has 0 radical (unpaired) electrons. The first-order valence-corrected chi connectivity index (χ1v) is 8.50. The highest BCUT2D eigenvalue weighted by Gasteiger charge is 2.17. The molecule has 0 amide bonds. The molecule has 144 valence electrons. The normalized spacial score (nSPS) is 11.1. The van der Waals surface area contributed by atoms with E-state index in [1.807, 2.05) is 0 Å². The van der Waals surface area contributed by atoms with Gasteiger partial charge in [0.25, 0.3) is 0 Å². The average molecular weight is 387 g/mol. The Balaban J connectivity index is 2.24. The number of benzene rings is 2. The molecular weight excluding hydrogens is 370 g/mol. The second kappa shape index (κ2) is 8.18. The van der Waals surface area contributed by atoms with Gasteiger partial charge in [-0.3, -0.25) is 0 Å². The number of carboxylic acids is 1. The van der Waals surface area contributed by atoms with Crippen molar-refractivity contribution in [3.05, 3.63) is 91.0 Å². The summed E-state index contributed by atoms with van der Waals surface area (Å²) in [6.07, 6.45) is 2.96. The molecule has 1 heterocycles. The Labute approximate surface area is 166 Å². The maximum Gasteiger partial charge on any atom is 0.335 e. The summed E-state index contributed by atoms with van der Waals surface area (Å²) in [5, 5.41) is 29.2. The number of carboxylic acid groups (broad SMARTS) is 1. The van der Waals surface area contributed by atoms with Crippen LogP contribution in [0.4, 0.5) is 0 Å². The molecule has 7 heteroatoms. The van der Waals surface area contributed by atoms with Crippen LogP contribution >= 0.6 is 0 Å². The smallest absolute Gasteiger partial charge is 0.335 e. The van der Waals surface area contributed by atoms with Crippen LogP contribution in [-0.2, 0) is 0 Å². The Morgan fingerprint density at radius 1 is 0.931 bits per heavy atom. The fraction of sp³-hybridized carbons (Fsp3) is 0. The summed E-state index contributed by atoms with van der Waals surface area (Å²) in [5.41, 5.74) is 1.28. The van der Waals surface area contributed by atoms with Crippen LogP contribution in [0.1, 0.15) is 16.2 Å². The van der Waals surface area contributed by atoms with Gasteiger partial charge in [-0.05, 0) is 30.3 Å². The first kappa shape index (κ1) is 19.5. The van der Waals surface area contributed by atoms with Crippen molar-refractivity contribution >= 4 is 11.5 Å². The lowest BCUT2D eigenvalue weighted by Gasteiger charge is -2.10. The van der Waals surface area contributed by atoms with Gasteiger partial charge in [0.2, 0.25) is 0 Å². The number of aromatic hydroxyl groups is 1. The van der Waals surface area contributed by atoms with Gasteiger partial charge in [-0.15, -0.1) is 0 Å². The lowest BCUT2D eigenvalue weighted by Crippen LogP contribution is -2.04. The van der Waals surface area contributed by atoms with Gasteiger partial charge in [0.15, 0.2) is 17.5 Å². The van der Waals surface area contributed by atoms with Crippen LogP contribution in [0.5, 0.6) is 5.75 Å². The summed E-state index contributed by atoms with van der Waals surface area (Å²) >= 11 is 0. The molecule has 0 atom stereocenters. The molecule has 0 fully saturated rings. The van der Waals surface area contributed by atoms with E-state index in [1.165, 1.54) is 30.4 Å². The Bertz CT molecular complexity index is 1140. The van der Waals surface area contributed by atoms with E-state index < -0.39 is 5.97 Å². The second-order valence-electron chi connectivity index (χ2n) is 5.97. The Kier molecular flexibility index (Phi) is 5.50. The molecule has 0 aliphatic rings. The molecule has 0 aliphatic carbocycles. The maximum absolute atomic E-state index is 11.1. The molecule has 0 saturated heterocycles. The van der Waals surface area contributed by atoms with Crippen molar-refractivity contribution in [3.8, 4) is 28.5 Å². The van der Waals surface area contributed by atoms with E-state index in [1.54, 1.807) is 30.3 Å². The lowest BCUT2D eigenvalue weighted by molar-refractivity contribution is 0.0697. The Hall–Kier alpha value is -4.26. The van der Waals surface area contributed by atoms with Crippen molar-refractivity contribution < 1.29 is 20.1 Å². The van der Waals surface area contributed by atoms with E-state index in [-0.39, 0.29) is 40.1 Å². The Morgan fingerprint density at radius 3 is 2.17 bits per heavy atom. The van der Waals surface area contributed by atoms with Crippen molar-refractivity contribution in [2.45, 2.75) is 0 Å². The minimum Gasteiger partial charge on any atom is -0.508 e. The number of hydrogen-bond acceptors (Lipinski definition) is 6. The van der Waals surface area contributed by atoms with Crippen LogP contribution < -0.4 is 0 Å². The minimum absolute atomic E-state index is 0.0195. The van der Waals surface area contributed by atoms with Crippen molar-refractivity contribution in [2.24, 2.45) is 0 Å². The predicted octanol–water partition coefficient (Wildman–Crippen LogP) is 4.25. The lowest BCUT2D eigenvalue weighted by atomic mass is 10.1. The molecule has 0 unspecified atom stereocenters. The van der Waals surface area contributed by atoms with E-state index in [0.29, 0.717) is 11.1 Å². The molecule has 2 aromatic carbocycles. The monoisotopic (exact) mass is 387 g/mol. The topological polar surface area (TPSA) is 116 Å². The number of nitrogens with zero attached hydrogens (tertiary/aromatic N) is 3. The highest BCUT2D eigenvalue weighted by Crippen LogP contribution is 2.29. The average Bonchev–Trinajstić information content (AvgIpc) is 2.71. The number of phenols is 1. The molecule has 7 nitrogen and oxygen atoms in total. The number of phenolic OH excluding ortho intramolecular Hbond substituents is 1. The molecule has 0 bridgehead atoms. The van der Waals surface area contributed by atoms with E-state index in [9.17, 15) is 15.0 Å². The number of rotatable bonds is 6. The molecule has 3 N–H and O–H groups in total. The maximum atomic E-state index is 11.1. The van der Waals surface area contributed by atoms with Crippen molar-refractivity contribution in [1.29, 1.82) is 0 Å². The van der Waals surface area contributed by atoms with Crippen LogP contribution in [0.15, 0.2) is 79.6 Å². The molecule has 0 aliphatic heterocycles. The van der Waals surface area contributed by atoms with E-state index in [0.717, 1.165) is 0 Å². The summed E-state index contributed by atoms with van der Waals surface area (Å²) in [6.45, 7) is 7.14. The predicted molar refractivity (Wildman–Crippen MR) is 109 cm³/mol. The summed E-state index contributed by atoms with van der Waals surface area (Å²) < 4.78 is 0. The molecule has 0 spiro atoms. The molecular formula is C22H17N3O4. The number of aromatic carboxylic acids is 1. The van der Waals surface area contributed by atoms with Crippen LogP contribution in [0.25, 0.3) is 28.3 Å². The molecule has 1 aromatic heterocycles. The number of para-hydroxylation sites is 1. The van der Waals surface area contributed by atoms with Crippen molar-refractivity contribution in [3.63, 3.8) is 0 Å². The van der Waals surface area contributed by atoms with Gasteiger partial charge in [-0.2, -0.15) is 0 Å². The molecule has 3 aromatic rings. The molecule has 0 saturated carbocycles. The van der Waals surface area contributed by atoms with Gasteiger partial charge in [-0.25, -0.2) is 19.7 Å². The Morgan fingerprint density at radius 2 is 1.59 bits per heavy atom. The minimum atomic E-state index is -1.05. The second-order valence-corrected chi connectivity index (χ2v) is 5.97. The van der Waals surface area contributed by atoms with Gasteiger partial charge < -0.3 is 15.3 Å². The van der Waals surface area contributed by atoms with Gasteiger partial charge in [0.05, 0.1) is 16.7 Å². The first-order valence-electron chi connectivity index (χ1n) is 8.50. The van der Waals surface area contributed by atoms with Gasteiger partial charge in [0.1, 0.15) is 11.5 Å². The highest BCUT2D eigenvalue weighted by atomic mass is 16.4. The SMILES string of the molecule is C=C/C=C(\C(=C)O)c1nc(-c2ccc(C(=O)O)cc2)nc(-c2ccccc2O)n1. The fourth-order valence-corrected chi connectivity index (χ4v) is 2.59. The van der Waals surface area contributed by atoms with E-state index in [4.69, 9.17) is 5.11 Å². The number of aliphatic hydroxyl groups is 1. The van der Waals surface area contributed by atoms with Gasteiger partial charge in [0, 0.05) is 5.56 Å².